The van der Waals surface area contributed by atoms with Gasteiger partial charge in [0.25, 0.3) is 0 Å². The second kappa shape index (κ2) is 7.87. The molecule has 0 spiro atoms. The van der Waals surface area contributed by atoms with Gasteiger partial charge in [-0.15, -0.1) is 0 Å². The van der Waals surface area contributed by atoms with Gasteiger partial charge in [0.1, 0.15) is 13.1 Å². The number of amides is 1. The van der Waals surface area contributed by atoms with E-state index in [1.165, 1.54) is 0 Å². The molecule has 0 bridgehead atoms. The molecule has 2 aromatic rings. The lowest BCUT2D eigenvalue weighted by Crippen LogP contribution is -3.00. The summed E-state index contributed by atoms with van der Waals surface area (Å²) in [5.41, 5.74) is 1.70. The fourth-order valence-electron chi connectivity index (χ4n) is 2.30. The molecular formula is C18H20ClNO2. The smallest absolute Gasteiger partial charge is 0.311 e. The average Bonchev–Trinajstić information content (AvgIpc) is 2.49. The largest absolute Gasteiger partial charge is 1.00 e. The summed E-state index contributed by atoms with van der Waals surface area (Å²) in [5, 5.41) is 0. The first kappa shape index (κ1) is 18.1. The molecule has 1 amide bonds. The number of quaternary nitrogens is 1. The topological polar surface area (TPSA) is 34.1 Å². The summed E-state index contributed by atoms with van der Waals surface area (Å²) < 4.78 is 0.0811. The predicted octanol–water partition coefficient (Wildman–Crippen LogP) is 0.0666. The van der Waals surface area contributed by atoms with Crippen molar-refractivity contribution in [3.05, 3.63) is 71.8 Å². The van der Waals surface area contributed by atoms with E-state index in [9.17, 15) is 9.59 Å². The van der Waals surface area contributed by atoms with Crippen molar-refractivity contribution in [2.45, 2.75) is 13.5 Å². The van der Waals surface area contributed by atoms with Gasteiger partial charge in [0, 0.05) is 11.1 Å². The van der Waals surface area contributed by atoms with Gasteiger partial charge in [-0.1, -0.05) is 60.7 Å². The van der Waals surface area contributed by atoms with Crippen LogP contribution in [0.25, 0.3) is 0 Å². The number of hydrogen-bond donors (Lipinski definition) is 0. The molecule has 0 saturated carbocycles. The van der Waals surface area contributed by atoms with Crippen LogP contribution in [0, 0.1) is 0 Å². The highest BCUT2D eigenvalue weighted by Gasteiger charge is 2.31. The highest BCUT2D eigenvalue weighted by Crippen LogP contribution is 2.14. The first-order valence-electron chi connectivity index (χ1n) is 6.99. The Labute approximate surface area is 137 Å². The number of carbonyl (C=O) groups is 2. The molecule has 22 heavy (non-hydrogen) atoms. The van der Waals surface area contributed by atoms with Gasteiger partial charge >= 0.3 is 5.91 Å². The predicted molar refractivity (Wildman–Crippen MR) is 82.7 cm³/mol. The first-order chi connectivity index (χ1) is 10.0. The summed E-state index contributed by atoms with van der Waals surface area (Å²) in [4.78, 5) is 24.4. The number of carbonyl (C=O) groups excluding carboxylic acids is 2. The third kappa shape index (κ3) is 4.52. The van der Waals surface area contributed by atoms with E-state index < -0.39 is 0 Å². The molecule has 0 radical (unpaired) electrons. The van der Waals surface area contributed by atoms with Gasteiger partial charge < -0.3 is 12.4 Å². The molecule has 0 aliphatic carbocycles. The Kier molecular flexibility index (Phi) is 6.47. The summed E-state index contributed by atoms with van der Waals surface area (Å²) >= 11 is 0. The molecule has 116 valence electrons. The Morgan fingerprint density at radius 1 is 0.909 bits per heavy atom. The van der Waals surface area contributed by atoms with Crippen molar-refractivity contribution in [1.82, 2.24) is 0 Å². The van der Waals surface area contributed by atoms with E-state index in [1.807, 2.05) is 55.6 Å². The van der Waals surface area contributed by atoms with Crippen molar-refractivity contribution in [2.24, 2.45) is 0 Å². The van der Waals surface area contributed by atoms with Crippen molar-refractivity contribution in [3.63, 3.8) is 0 Å². The number of Topliss-reactive ketones (excluding diaryl/α,β-unsaturated/α-hetero) is 1. The number of likely N-dealkylation sites (N-methyl/N-ethyl adjacent to an activating group) is 1. The number of benzene rings is 2. The Balaban J connectivity index is 0.00000242. The summed E-state index contributed by atoms with van der Waals surface area (Å²) in [6, 6.07) is 18.9. The highest BCUT2D eigenvalue weighted by molar-refractivity contribution is 5.97. The second-order valence-electron chi connectivity index (χ2n) is 5.51. The van der Waals surface area contributed by atoms with Crippen LogP contribution in [0.2, 0.25) is 0 Å². The zero-order valence-electron chi connectivity index (χ0n) is 12.8. The molecule has 1 unspecified atom stereocenters. The van der Waals surface area contributed by atoms with Crippen LogP contribution in [0.4, 0.5) is 0 Å². The van der Waals surface area contributed by atoms with Crippen LogP contribution in [0.1, 0.15) is 22.8 Å². The van der Waals surface area contributed by atoms with E-state index in [0.29, 0.717) is 12.1 Å². The van der Waals surface area contributed by atoms with Gasteiger partial charge in [-0.05, 0) is 0 Å². The standard InChI is InChI=1S/C18H20NO2.ClH/c1-15(20)19(2,13-16-9-5-3-6-10-16)14-18(21)17-11-7-4-8-12-17;/h3-12H,13-14H2,1-2H3;1H/q+1;/p-1. The van der Waals surface area contributed by atoms with Gasteiger partial charge in [0.2, 0.25) is 5.78 Å². The molecule has 0 N–H and O–H groups in total. The van der Waals surface area contributed by atoms with E-state index in [0.717, 1.165) is 5.56 Å². The number of rotatable bonds is 5. The van der Waals surface area contributed by atoms with E-state index in [-0.39, 0.29) is 35.1 Å². The molecule has 3 nitrogen and oxygen atoms in total. The number of hydrogen-bond acceptors (Lipinski definition) is 2. The maximum Gasteiger partial charge on any atom is 0.311 e. The van der Waals surface area contributed by atoms with Crippen molar-refractivity contribution in [3.8, 4) is 0 Å². The molecule has 0 saturated heterocycles. The Bertz CT molecular complexity index is 628. The Morgan fingerprint density at radius 2 is 1.41 bits per heavy atom. The molecule has 0 heterocycles. The molecule has 0 aliphatic heterocycles. The third-order valence-corrected chi connectivity index (χ3v) is 3.72. The van der Waals surface area contributed by atoms with E-state index in [2.05, 4.69) is 0 Å². The van der Waals surface area contributed by atoms with E-state index in [4.69, 9.17) is 0 Å². The van der Waals surface area contributed by atoms with Gasteiger partial charge in [-0.25, -0.2) is 4.79 Å². The van der Waals surface area contributed by atoms with Crippen LogP contribution in [-0.4, -0.2) is 29.8 Å². The summed E-state index contributed by atoms with van der Waals surface area (Å²) in [5.74, 6) is -0.0210. The summed E-state index contributed by atoms with van der Waals surface area (Å²) in [6.45, 7) is 2.24. The molecule has 0 aliphatic rings. The van der Waals surface area contributed by atoms with Crippen LogP contribution in [0.15, 0.2) is 60.7 Å². The quantitative estimate of drug-likeness (QED) is 0.577. The number of nitrogens with zero attached hydrogens (tertiary/aromatic N) is 1. The maximum absolute atomic E-state index is 12.4. The van der Waals surface area contributed by atoms with Crippen molar-refractivity contribution >= 4 is 11.7 Å². The average molecular weight is 318 g/mol. The Morgan fingerprint density at radius 3 is 1.91 bits per heavy atom. The Hall–Kier alpha value is -1.97. The molecule has 0 fully saturated rings. The van der Waals surface area contributed by atoms with Gasteiger partial charge in [0.05, 0.1) is 14.0 Å². The minimum absolute atomic E-state index is 0. The summed E-state index contributed by atoms with van der Waals surface area (Å²) in [6.07, 6.45) is 0. The molecule has 2 aromatic carbocycles. The van der Waals surface area contributed by atoms with E-state index >= 15 is 0 Å². The van der Waals surface area contributed by atoms with Crippen LogP contribution in [0.3, 0.4) is 0 Å². The third-order valence-electron chi connectivity index (χ3n) is 3.72. The van der Waals surface area contributed by atoms with E-state index in [1.54, 1.807) is 19.1 Å². The van der Waals surface area contributed by atoms with Crippen LogP contribution >= 0.6 is 0 Å². The molecule has 1 atom stereocenters. The normalized spacial score (nSPS) is 12.8. The lowest BCUT2D eigenvalue weighted by atomic mass is 10.1. The fraction of sp³-hybridized carbons (Fsp3) is 0.222. The van der Waals surface area contributed by atoms with Crippen molar-refractivity contribution in [2.75, 3.05) is 13.6 Å². The van der Waals surface area contributed by atoms with Gasteiger partial charge in [-0.3, -0.25) is 9.28 Å². The molecular weight excluding hydrogens is 298 g/mol. The van der Waals surface area contributed by atoms with Gasteiger partial charge in [-0.2, -0.15) is 0 Å². The molecule has 0 aromatic heterocycles. The van der Waals surface area contributed by atoms with Crippen molar-refractivity contribution < 1.29 is 26.5 Å². The second-order valence-corrected chi connectivity index (χ2v) is 5.51. The highest BCUT2D eigenvalue weighted by atomic mass is 35.5. The minimum Gasteiger partial charge on any atom is -1.00 e. The van der Waals surface area contributed by atoms with Crippen molar-refractivity contribution in [1.29, 1.82) is 0 Å². The van der Waals surface area contributed by atoms with Crippen LogP contribution < -0.4 is 12.4 Å². The van der Waals surface area contributed by atoms with Gasteiger partial charge in [0.15, 0.2) is 0 Å². The zero-order chi connectivity index (χ0) is 15.3. The number of ketones is 1. The zero-order valence-corrected chi connectivity index (χ0v) is 13.6. The minimum atomic E-state index is -0.0110. The summed E-state index contributed by atoms with van der Waals surface area (Å²) in [7, 11) is 1.82. The van der Waals surface area contributed by atoms with Crippen LogP contribution in [-0.2, 0) is 11.3 Å². The number of halogens is 1. The monoisotopic (exact) mass is 317 g/mol. The maximum atomic E-state index is 12.4. The SMILES string of the molecule is CC(=O)[N+](C)(CC(=O)c1ccccc1)Cc1ccccc1.[Cl-]. The molecule has 2 rings (SSSR count). The van der Waals surface area contributed by atoms with Crippen LogP contribution in [0.5, 0.6) is 0 Å². The lowest BCUT2D eigenvalue weighted by Gasteiger charge is -2.30. The first-order valence-corrected chi connectivity index (χ1v) is 6.99. The fourth-order valence-corrected chi connectivity index (χ4v) is 2.30. The molecule has 4 heteroatoms. The lowest BCUT2D eigenvalue weighted by molar-refractivity contribution is -0.838.